The lowest BCUT2D eigenvalue weighted by Gasteiger charge is -2.39. The van der Waals surface area contributed by atoms with Gasteiger partial charge in [0.2, 0.25) is 0 Å². The van der Waals surface area contributed by atoms with Crippen LogP contribution in [0.5, 0.6) is 0 Å². The van der Waals surface area contributed by atoms with Crippen molar-refractivity contribution in [2.24, 2.45) is 5.73 Å². The monoisotopic (exact) mass is 306 g/mol. The molecule has 1 fully saturated rings. The van der Waals surface area contributed by atoms with Gasteiger partial charge in [0.1, 0.15) is 18.3 Å². The number of hydrogen-bond acceptors (Lipinski definition) is 7. The van der Waals surface area contributed by atoms with Crippen LogP contribution in [-0.2, 0) is 4.74 Å². The Balaban J connectivity index is 2.47. The summed E-state index contributed by atoms with van der Waals surface area (Å²) in [6.45, 7) is 4.63. The fraction of sp³-hybridized carbons (Fsp3) is 1.00. The van der Waals surface area contributed by atoms with E-state index in [2.05, 4.69) is 5.32 Å². The molecule has 0 saturated carbocycles. The van der Waals surface area contributed by atoms with Gasteiger partial charge in [-0.1, -0.05) is 26.7 Å². The minimum absolute atomic E-state index is 0.220. The molecule has 7 N–H and O–H groups in total. The average Bonchev–Trinajstić information content (AvgIpc) is 2.42. The summed E-state index contributed by atoms with van der Waals surface area (Å²) in [4.78, 5) is 0. The minimum Gasteiger partial charge on any atom is -0.389 e. The summed E-state index contributed by atoms with van der Waals surface area (Å²) in [5, 5.41) is 42.7. The van der Waals surface area contributed by atoms with E-state index >= 15 is 0 Å². The van der Waals surface area contributed by atoms with Gasteiger partial charge in [-0.2, -0.15) is 0 Å². The smallest absolute Gasteiger partial charge is 0.172 e. The topological polar surface area (TPSA) is 128 Å². The fourth-order valence-corrected chi connectivity index (χ4v) is 2.82. The van der Waals surface area contributed by atoms with Gasteiger partial charge in [0, 0.05) is 13.1 Å². The molecule has 0 aromatic heterocycles. The zero-order valence-electron chi connectivity index (χ0n) is 12.9. The van der Waals surface area contributed by atoms with Crippen LogP contribution in [0.1, 0.15) is 39.5 Å². The second kappa shape index (κ2) is 8.38. The van der Waals surface area contributed by atoms with Crippen LogP contribution in [0.25, 0.3) is 0 Å². The van der Waals surface area contributed by atoms with Gasteiger partial charge in [-0.25, -0.2) is 0 Å². The Morgan fingerprint density at radius 3 is 2.19 bits per heavy atom. The van der Waals surface area contributed by atoms with Crippen LogP contribution in [0.15, 0.2) is 0 Å². The number of rotatable bonds is 8. The molecule has 1 aliphatic rings. The number of ether oxygens (including phenoxy) is 1. The lowest BCUT2D eigenvalue weighted by molar-refractivity contribution is -0.240. The van der Waals surface area contributed by atoms with Crippen molar-refractivity contribution in [2.75, 3.05) is 13.1 Å². The molecule has 0 unspecified atom stereocenters. The predicted octanol–water partition coefficient (Wildman–Crippen LogP) is -1.33. The Bertz CT molecular complexity index is 299. The molecule has 7 nitrogen and oxygen atoms in total. The van der Waals surface area contributed by atoms with Crippen molar-refractivity contribution in [1.29, 1.82) is 0 Å². The number of nitrogens with one attached hydrogen (secondary N) is 1. The summed E-state index contributed by atoms with van der Waals surface area (Å²) in [6.07, 6.45) is -1.31. The van der Waals surface area contributed by atoms with E-state index in [4.69, 9.17) is 10.5 Å². The van der Waals surface area contributed by atoms with Gasteiger partial charge in [-0.3, -0.25) is 0 Å². The van der Waals surface area contributed by atoms with Crippen molar-refractivity contribution in [2.45, 2.75) is 75.8 Å². The maximum absolute atomic E-state index is 10.5. The predicted molar refractivity (Wildman–Crippen MR) is 78.5 cm³/mol. The first-order chi connectivity index (χ1) is 9.84. The number of aliphatic hydroxyl groups is 4. The first-order valence-corrected chi connectivity index (χ1v) is 7.73. The van der Waals surface area contributed by atoms with Crippen molar-refractivity contribution in [3.8, 4) is 0 Å². The number of hydrogen-bond donors (Lipinski definition) is 6. The lowest BCUT2D eigenvalue weighted by Crippen LogP contribution is -2.63. The summed E-state index contributed by atoms with van der Waals surface area (Å²) in [7, 11) is 0. The van der Waals surface area contributed by atoms with Crippen molar-refractivity contribution in [3.63, 3.8) is 0 Å². The molecule has 1 heterocycles. The molecule has 1 saturated heterocycles. The highest BCUT2D eigenvalue weighted by atomic mass is 16.6. The Hall–Kier alpha value is -0.280. The molecule has 21 heavy (non-hydrogen) atoms. The summed E-state index contributed by atoms with van der Waals surface area (Å²) in [5.74, 6) is 0. The normalized spacial score (nSPS) is 34.1. The second-order valence-corrected chi connectivity index (χ2v) is 5.98. The molecule has 0 bridgehead atoms. The van der Waals surface area contributed by atoms with Gasteiger partial charge in [0.15, 0.2) is 6.29 Å². The van der Waals surface area contributed by atoms with Gasteiger partial charge in [-0.15, -0.1) is 0 Å². The first-order valence-electron chi connectivity index (χ1n) is 7.73. The molecule has 1 rings (SSSR count). The molecule has 0 amide bonds. The number of nitrogens with two attached hydrogens (primary N) is 1. The van der Waals surface area contributed by atoms with Crippen LogP contribution in [0.2, 0.25) is 0 Å². The molecule has 0 aromatic rings. The number of aliphatic hydroxyl groups excluding tert-OH is 3. The van der Waals surface area contributed by atoms with E-state index in [-0.39, 0.29) is 6.54 Å². The molecule has 0 aromatic carbocycles. The molecule has 5 atom stereocenters. The molecular weight excluding hydrogens is 276 g/mol. The van der Waals surface area contributed by atoms with Crippen molar-refractivity contribution < 1.29 is 25.2 Å². The molecule has 7 heteroatoms. The van der Waals surface area contributed by atoms with Crippen molar-refractivity contribution in [1.82, 2.24) is 5.32 Å². The van der Waals surface area contributed by atoms with Crippen LogP contribution in [0.3, 0.4) is 0 Å². The van der Waals surface area contributed by atoms with Gasteiger partial charge < -0.3 is 36.2 Å². The van der Waals surface area contributed by atoms with Crippen LogP contribution < -0.4 is 11.1 Å². The highest BCUT2D eigenvalue weighted by Crippen LogP contribution is 2.20. The third kappa shape index (κ3) is 5.14. The summed E-state index contributed by atoms with van der Waals surface area (Å²) < 4.78 is 5.19. The zero-order chi connectivity index (χ0) is 16.0. The largest absolute Gasteiger partial charge is 0.389 e. The Labute approximate surface area is 126 Å². The summed E-state index contributed by atoms with van der Waals surface area (Å²) >= 11 is 0. The molecule has 126 valence electrons. The van der Waals surface area contributed by atoms with E-state index in [1.54, 1.807) is 0 Å². The van der Waals surface area contributed by atoms with Crippen LogP contribution >= 0.6 is 0 Å². The minimum atomic E-state index is -1.31. The quantitative estimate of drug-likeness (QED) is 0.328. The summed E-state index contributed by atoms with van der Waals surface area (Å²) in [5.41, 5.74) is 4.73. The Kier molecular flexibility index (Phi) is 7.49. The Morgan fingerprint density at radius 2 is 1.67 bits per heavy atom. The Morgan fingerprint density at radius 1 is 1.10 bits per heavy atom. The van der Waals surface area contributed by atoms with Crippen molar-refractivity contribution in [3.05, 3.63) is 0 Å². The standard InChI is InChI=1S/C14H30N2O5/c1-3-5-14(20,6-4-2)8-16-7-9-11(17)12(18)10(15)13(19)21-9/h9-13,16-20H,3-8,15H2,1-2H3/t9-,10-,11-,12-,13+/m1/s1. The SMILES string of the molecule is CCCC(O)(CCC)CNC[C@H]1O[C@H](O)[C@H](N)[C@@H](O)[C@@H]1O. The van der Waals surface area contributed by atoms with E-state index in [1.165, 1.54) is 0 Å². The highest BCUT2D eigenvalue weighted by molar-refractivity contribution is 4.92. The maximum Gasteiger partial charge on any atom is 0.172 e. The van der Waals surface area contributed by atoms with E-state index in [0.717, 1.165) is 12.8 Å². The van der Waals surface area contributed by atoms with E-state index in [1.807, 2.05) is 13.8 Å². The van der Waals surface area contributed by atoms with E-state index < -0.39 is 36.2 Å². The van der Waals surface area contributed by atoms with Crippen molar-refractivity contribution >= 4 is 0 Å². The molecular formula is C14H30N2O5. The van der Waals surface area contributed by atoms with E-state index in [0.29, 0.717) is 19.4 Å². The van der Waals surface area contributed by atoms with Gasteiger partial charge in [0.05, 0.1) is 11.6 Å². The maximum atomic E-state index is 10.5. The molecule has 0 radical (unpaired) electrons. The van der Waals surface area contributed by atoms with E-state index in [9.17, 15) is 20.4 Å². The first kappa shape index (κ1) is 18.8. The van der Waals surface area contributed by atoms with Crippen LogP contribution in [0, 0.1) is 0 Å². The highest BCUT2D eigenvalue weighted by Gasteiger charge is 2.41. The molecule has 1 aliphatic heterocycles. The summed E-state index contributed by atoms with van der Waals surface area (Å²) in [6, 6.07) is -1.02. The lowest BCUT2D eigenvalue weighted by atomic mass is 9.92. The molecule has 0 aliphatic carbocycles. The fourth-order valence-electron chi connectivity index (χ4n) is 2.82. The second-order valence-electron chi connectivity index (χ2n) is 5.98. The molecule has 0 spiro atoms. The third-order valence-electron chi connectivity index (χ3n) is 4.00. The van der Waals surface area contributed by atoms with Gasteiger partial charge in [0.25, 0.3) is 0 Å². The third-order valence-corrected chi connectivity index (χ3v) is 4.00. The average molecular weight is 306 g/mol. The van der Waals surface area contributed by atoms with Gasteiger partial charge in [-0.05, 0) is 12.8 Å². The van der Waals surface area contributed by atoms with Gasteiger partial charge >= 0.3 is 0 Å². The zero-order valence-corrected chi connectivity index (χ0v) is 12.9. The van der Waals surface area contributed by atoms with Crippen LogP contribution in [-0.4, -0.2) is 69.8 Å². The van der Waals surface area contributed by atoms with Crippen LogP contribution in [0.4, 0.5) is 0 Å².